The Hall–Kier alpha value is -3.59. The zero-order valence-corrected chi connectivity index (χ0v) is 17.3. The number of carbonyl (C=O) groups excluding carboxylic acids is 3. The Balaban J connectivity index is 1.49. The molecule has 2 aromatic carbocycles. The molecule has 2 saturated heterocycles. The monoisotopic (exact) mass is 423 g/mol. The first-order chi connectivity index (χ1) is 14.9. The smallest absolute Gasteiger partial charge is 0.229 e. The second-order valence-corrected chi connectivity index (χ2v) is 7.69. The normalized spacial score (nSPS) is 25.0. The predicted octanol–water partition coefficient (Wildman–Crippen LogP) is 1.14. The molecule has 3 amide bonds. The molecule has 4 atom stereocenters. The van der Waals surface area contributed by atoms with E-state index in [2.05, 4.69) is 26.6 Å². The second-order valence-electron chi connectivity index (χ2n) is 7.69. The van der Waals surface area contributed by atoms with E-state index in [9.17, 15) is 14.4 Å². The maximum absolute atomic E-state index is 13.0. The lowest BCUT2D eigenvalue weighted by molar-refractivity contribution is -0.144. The van der Waals surface area contributed by atoms with E-state index in [0.717, 1.165) is 5.56 Å². The van der Waals surface area contributed by atoms with Crippen LogP contribution >= 0.6 is 0 Å². The number of anilines is 2. The molecule has 0 aliphatic carbocycles. The summed E-state index contributed by atoms with van der Waals surface area (Å²) < 4.78 is 5.33. The Morgan fingerprint density at radius 1 is 1.10 bits per heavy atom. The van der Waals surface area contributed by atoms with E-state index in [1.54, 1.807) is 19.2 Å². The summed E-state index contributed by atoms with van der Waals surface area (Å²) in [5.74, 6) is -1.88. The van der Waals surface area contributed by atoms with Crippen molar-refractivity contribution in [2.45, 2.75) is 25.8 Å². The minimum atomic E-state index is -0.793. The van der Waals surface area contributed by atoms with Crippen LogP contribution in [-0.2, 0) is 14.4 Å². The minimum Gasteiger partial charge on any atom is -0.495 e. The van der Waals surface area contributed by atoms with Crippen LogP contribution in [0.1, 0.15) is 12.0 Å². The van der Waals surface area contributed by atoms with Crippen LogP contribution in [0.25, 0.3) is 0 Å². The van der Waals surface area contributed by atoms with Crippen molar-refractivity contribution >= 4 is 29.1 Å². The number of hydrogen-bond acceptors (Lipinski definition) is 6. The molecular weight excluding hydrogens is 398 g/mol. The number of rotatable bonds is 5. The fourth-order valence-electron chi connectivity index (χ4n) is 4.03. The molecular formula is C22H25N5O4. The molecule has 0 bridgehead atoms. The van der Waals surface area contributed by atoms with Gasteiger partial charge in [-0.25, -0.2) is 0 Å². The molecule has 162 valence electrons. The zero-order valence-electron chi connectivity index (χ0n) is 17.3. The van der Waals surface area contributed by atoms with Crippen molar-refractivity contribution in [1.82, 2.24) is 16.0 Å². The fraction of sp³-hybridized carbons (Fsp3) is 0.318. The molecule has 0 radical (unpaired) electrons. The first-order valence-electron chi connectivity index (χ1n) is 10.1. The molecule has 4 unspecified atom stereocenters. The maximum Gasteiger partial charge on any atom is 0.229 e. The van der Waals surface area contributed by atoms with Crippen LogP contribution < -0.4 is 31.3 Å². The van der Waals surface area contributed by atoms with Crippen molar-refractivity contribution in [2.75, 3.05) is 17.7 Å². The lowest BCUT2D eigenvalue weighted by Gasteiger charge is -2.43. The van der Waals surface area contributed by atoms with E-state index in [-0.39, 0.29) is 24.1 Å². The van der Waals surface area contributed by atoms with Crippen LogP contribution in [-0.4, -0.2) is 37.3 Å². The van der Waals surface area contributed by atoms with Crippen LogP contribution in [0.3, 0.4) is 0 Å². The Morgan fingerprint density at radius 2 is 1.90 bits per heavy atom. The van der Waals surface area contributed by atoms with Crippen molar-refractivity contribution < 1.29 is 19.1 Å². The van der Waals surface area contributed by atoms with Gasteiger partial charge in [-0.1, -0.05) is 24.3 Å². The number of piperidine rings is 1. The quantitative estimate of drug-likeness (QED) is 0.492. The maximum atomic E-state index is 13.0. The van der Waals surface area contributed by atoms with Gasteiger partial charge in [0.05, 0.1) is 30.8 Å². The summed E-state index contributed by atoms with van der Waals surface area (Å²) in [7, 11) is 1.56. The number of hydrogen-bond donors (Lipinski definition) is 5. The third-order valence-corrected chi connectivity index (χ3v) is 5.48. The average molecular weight is 423 g/mol. The summed E-state index contributed by atoms with van der Waals surface area (Å²) in [4.78, 5) is 38.2. The summed E-state index contributed by atoms with van der Waals surface area (Å²) in [6.45, 7) is 1.92. The molecule has 2 aliphatic heterocycles. The Morgan fingerprint density at radius 3 is 2.68 bits per heavy atom. The number of amides is 3. The third-order valence-electron chi connectivity index (χ3n) is 5.48. The van der Waals surface area contributed by atoms with Crippen LogP contribution in [0.5, 0.6) is 5.75 Å². The van der Waals surface area contributed by atoms with Gasteiger partial charge in [0.1, 0.15) is 5.75 Å². The lowest BCUT2D eigenvalue weighted by Crippen LogP contribution is -2.72. The van der Waals surface area contributed by atoms with Crippen molar-refractivity contribution in [3.63, 3.8) is 0 Å². The molecule has 5 N–H and O–H groups in total. The molecule has 0 aromatic heterocycles. The number of aryl methyl sites for hydroxylation is 1. The number of nitrogens with one attached hydrogen (secondary N) is 5. The number of fused-ring (bicyclic) bond motifs is 1. The van der Waals surface area contributed by atoms with Crippen molar-refractivity contribution in [3.8, 4) is 5.75 Å². The van der Waals surface area contributed by atoms with Gasteiger partial charge >= 0.3 is 0 Å². The topological polar surface area (TPSA) is 121 Å². The molecule has 31 heavy (non-hydrogen) atoms. The van der Waals surface area contributed by atoms with Crippen molar-refractivity contribution in [3.05, 3.63) is 54.1 Å². The van der Waals surface area contributed by atoms with Crippen LogP contribution in [0.15, 0.2) is 48.5 Å². The average Bonchev–Trinajstić information content (AvgIpc) is 2.73. The second kappa shape index (κ2) is 8.65. The molecule has 2 heterocycles. The molecule has 9 heteroatoms. The van der Waals surface area contributed by atoms with Gasteiger partial charge in [0, 0.05) is 12.1 Å². The summed E-state index contributed by atoms with van der Waals surface area (Å²) in [5.41, 5.74) is 2.31. The van der Waals surface area contributed by atoms with Crippen LogP contribution in [0.4, 0.5) is 11.4 Å². The number of para-hydroxylation sites is 2. The van der Waals surface area contributed by atoms with Crippen LogP contribution in [0.2, 0.25) is 0 Å². The first-order valence-corrected chi connectivity index (χ1v) is 10.1. The van der Waals surface area contributed by atoms with Gasteiger partial charge in [-0.15, -0.1) is 0 Å². The van der Waals surface area contributed by atoms with Gasteiger partial charge in [0.25, 0.3) is 0 Å². The largest absolute Gasteiger partial charge is 0.495 e. The molecule has 2 fully saturated rings. The highest BCUT2D eigenvalue weighted by Crippen LogP contribution is 2.29. The van der Waals surface area contributed by atoms with Crippen LogP contribution in [0, 0.1) is 18.8 Å². The summed E-state index contributed by atoms with van der Waals surface area (Å²) in [5, 5.41) is 14.8. The highest BCUT2D eigenvalue weighted by Gasteiger charge is 2.48. The van der Waals surface area contributed by atoms with Crippen molar-refractivity contribution in [2.24, 2.45) is 11.8 Å². The molecule has 4 rings (SSSR count). The van der Waals surface area contributed by atoms with E-state index < -0.39 is 24.3 Å². The van der Waals surface area contributed by atoms with E-state index in [1.165, 1.54) is 0 Å². The number of benzene rings is 2. The predicted molar refractivity (Wildman–Crippen MR) is 115 cm³/mol. The molecule has 2 aromatic rings. The highest BCUT2D eigenvalue weighted by atomic mass is 16.5. The number of methoxy groups -OCH3 is 1. The number of carbonyl (C=O) groups is 3. The SMILES string of the molecule is COc1ccccc1NC1NC(=O)C2C(NC(=O)CC2C(=O)Nc2cccc(C)c2)N1. The molecule has 2 aliphatic rings. The lowest BCUT2D eigenvalue weighted by atomic mass is 9.81. The van der Waals surface area contributed by atoms with E-state index in [4.69, 9.17) is 4.74 Å². The summed E-state index contributed by atoms with van der Waals surface area (Å²) in [6, 6.07) is 14.7. The third kappa shape index (κ3) is 4.46. The van der Waals surface area contributed by atoms with Gasteiger partial charge in [-0.05, 0) is 36.8 Å². The molecule has 0 spiro atoms. The Labute approximate surface area is 179 Å². The standard InChI is InChI=1S/C22H25N5O4/c1-12-6-5-7-13(10-12)23-20(29)14-11-17(28)25-19-18(14)21(30)27-22(26-19)24-15-8-3-4-9-16(15)31-2/h3-10,14,18-19,22,24,26H,11H2,1-2H3,(H,23,29)(H,25,28)(H,27,30). The highest BCUT2D eigenvalue weighted by molar-refractivity contribution is 6.00. The van der Waals surface area contributed by atoms with Gasteiger partial charge in [0.2, 0.25) is 17.7 Å². The van der Waals surface area contributed by atoms with Crippen molar-refractivity contribution in [1.29, 1.82) is 0 Å². The number of ether oxygens (including phenoxy) is 1. The zero-order chi connectivity index (χ0) is 22.0. The van der Waals surface area contributed by atoms with Gasteiger partial charge in [-0.2, -0.15) is 0 Å². The summed E-state index contributed by atoms with van der Waals surface area (Å²) in [6.07, 6.45) is -1.39. The van der Waals surface area contributed by atoms with E-state index in [0.29, 0.717) is 17.1 Å². The Bertz CT molecular complexity index is 1010. The van der Waals surface area contributed by atoms with Gasteiger partial charge in [-0.3, -0.25) is 19.7 Å². The molecule has 0 saturated carbocycles. The Kier molecular flexibility index (Phi) is 5.77. The fourth-order valence-corrected chi connectivity index (χ4v) is 4.03. The van der Waals surface area contributed by atoms with Gasteiger partial charge < -0.3 is 26.0 Å². The van der Waals surface area contributed by atoms with E-state index in [1.807, 2.05) is 43.3 Å². The van der Waals surface area contributed by atoms with E-state index >= 15 is 0 Å². The molecule has 9 nitrogen and oxygen atoms in total. The van der Waals surface area contributed by atoms with Gasteiger partial charge in [0.15, 0.2) is 6.29 Å². The first kappa shape index (κ1) is 20.7. The minimum absolute atomic E-state index is 0.0570. The summed E-state index contributed by atoms with van der Waals surface area (Å²) >= 11 is 0.